The number of aromatic nitrogens is 2. The normalized spacial score (nSPS) is 10.6. The molecule has 6 nitrogen and oxygen atoms in total. The van der Waals surface area contributed by atoms with Crippen molar-refractivity contribution >= 4 is 17.5 Å². The van der Waals surface area contributed by atoms with Crippen LogP contribution in [0.3, 0.4) is 0 Å². The van der Waals surface area contributed by atoms with Gasteiger partial charge in [-0.25, -0.2) is 4.98 Å². The smallest absolute Gasteiger partial charge is 0.257 e. The average Bonchev–Trinajstić information content (AvgIpc) is 3.19. The molecule has 7 heteroatoms. The Balaban J connectivity index is 1.49. The van der Waals surface area contributed by atoms with Crippen molar-refractivity contribution in [2.45, 2.75) is 20.1 Å². The summed E-state index contributed by atoms with van der Waals surface area (Å²) in [4.78, 5) is 17.3. The SMILES string of the molecule is Cc1onc(-c2ccccc2Cl)c1C(=O)NCc1cccnc1OCc1ccccc1. The van der Waals surface area contributed by atoms with Gasteiger partial charge in [-0.05, 0) is 24.6 Å². The average molecular weight is 434 g/mol. The van der Waals surface area contributed by atoms with Gasteiger partial charge in [0.05, 0.1) is 5.02 Å². The maximum Gasteiger partial charge on any atom is 0.257 e. The van der Waals surface area contributed by atoms with Crippen LogP contribution in [0.2, 0.25) is 5.02 Å². The number of carbonyl (C=O) groups excluding carboxylic acids is 1. The van der Waals surface area contributed by atoms with Gasteiger partial charge in [0.15, 0.2) is 0 Å². The van der Waals surface area contributed by atoms with Crippen LogP contribution in [0.1, 0.15) is 27.2 Å². The van der Waals surface area contributed by atoms with Crippen LogP contribution in [0.4, 0.5) is 0 Å². The molecule has 2 aromatic heterocycles. The minimum atomic E-state index is -0.313. The molecule has 4 rings (SSSR count). The molecule has 0 unspecified atom stereocenters. The molecule has 0 aliphatic heterocycles. The summed E-state index contributed by atoms with van der Waals surface area (Å²) in [5, 5.41) is 7.45. The highest BCUT2D eigenvalue weighted by molar-refractivity contribution is 6.33. The van der Waals surface area contributed by atoms with Crippen molar-refractivity contribution in [1.82, 2.24) is 15.5 Å². The lowest BCUT2D eigenvalue weighted by molar-refractivity contribution is 0.0949. The molecule has 0 saturated heterocycles. The maximum absolute atomic E-state index is 13.0. The third-order valence-electron chi connectivity index (χ3n) is 4.73. The Kier molecular flexibility index (Phi) is 6.29. The van der Waals surface area contributed by atoms with Crippen LogP contribution in [0.25, 0.3) is 11.3 Å². The Labute approximate surface area is 184 Å². The molecule has 0 spiro atoms. The van der Waals surface area contributed by atoms with E-state index in [1.54, 1.807) is 31.3 Å². The van der Waals surface area contributed by atoms with E-state index in [1.165, 1.54) is 0 Å². The van der Waals surface area contributed by atoms with Gasteiger partial charge in [0.1, 0.15) is 23.6 Å². The molecule has 2 heterocycles. The number of hydrogen-bond acceptors (Lipinski definition) is 5. The molecule has 31 heavy (non-hydrogen) atoms. The Morgan fingerprint density at radius 2 is 1.84 bits per heavy atom. The van der Waals surface area contributed by atoms with Gasteiger partial charge in [0.2, 0.25) is 5.88 Å². The Bertz CT molecular complexity index is 1190. The minimum Gasteiger partial charge on any atom is -0.473 e. The third-order valence-corrected chi connectivity index (χ3v) is 5.06. The van der Waals surface area contributed by atoms with Gasteiger partial charge < -0.3 is 14.6 Å². The number of amides is 1. The van der Waals surface area contributed by atoms with E-state index in [4.69, 9.17) is 20.9 Å². The second-order valence-corrected chi connectivity index (χ2v) is 7.27. The topological polar surface area (TPSA) is 77.3 Å². The van der Waals surface area contributed by atoms with Crippen LogP contribution in [0.5, 0.6) is 5.88 Å². The Hall–Kier alpha value is -3.64. The zero-order valence-electron chi connectivity index (χ0n) is 16.8. The summed E-state index contributed by atoms with van der Waals surface area (Å²) >= 11 is 6.29. The van der Waals surface area contributed by atoms with Crippen molar-refractivity contribution in [2.24, 2.45) is 0 Å². The van der Waals surface area contributed by atoms with Crippen LogP contribution in [-0.2, 0) is 13.2 Å². The standard InChI is InChI=1S/C24H20ClN3O3/c1-16-21(22(28-31-16)19-11-5-6-12-20(19)25)23(29)27-14-18-10-7-13-26-24(18)30-15-17-8-3-2-4-9-17/h2-13H,14-15H2,1H3,(H,27,29). The summed E-state index contributed by atoms with van der Waals surface area (Å²) in [6.45, 7) is 2.32. The van der Waals surface area contributed by atoms with Gasteiger partial charge in [-0.15, -0.1) is 0 Å². The van der Waals surface area contributed by atoms with E-state index in [-0.39, 0.29) is 12.5 Å². The number of nitrogens with zero attached hydrogens (tertiary/aromatic N) is 2. The van der Waals surface area contributed by atoms with Gasteiger partial charge in [0, 0.05) is 23.9 Å². The first kappa shape index (κ1) is 20.6. The summed E-state index contributed by atoms with van der Waals surface area (Å²) in [6.07, 6.45) is 1.66. The molecule has 0 radical (unpaired) electrons. The van der Waals surface area contributed by atoms with Crippen LogP contribution < -0.4 is 10.1 Å². The summed E-state index contributed by atoms with van der Waals surface area (Å²) in [7, 11) is 0. The van der Waals surface area contributed by atoms with Gasteiger partial charge in [0.25, 0.3) is 5.91 Å². The third kappa shape index (κ3) is 4.75. The van der Waals surface area contributed by atoms with E-state index in [2.05, 4.69) is 15.5 Å². The van der Waals surface area contributed by atoms with E-state index in [9.17, 15) is 4.79 Å². The fourth-order valence-corrected chi connectivity index (χ4v) is 3.38. The highest BCUT2D eigenvalue weighted by atomic mass is 35.5. The second-order valence-electron chi connectivity index (χ2n) is 6.87. The molecule has 0 fully saturated rings. The van der Waals surface area contributed by atoms with Crippen molar-refractivity contribution in [3.8, 4) is 17.1 Å². The summed E-state index contributed by atoms with van der Waals surface area (Å²) < 4.78 is 11.2. The largest absolute Gasteiger partial charge is 0.473 e. The predicted molar refractivity (Wildman–Crippen MR) is 118 cm³/mol. The first-order chi connectivity index (χ1) is 15.1. The van der Waals surface area contributed by atoms with Gasteiger partial charge >= 0.3 is 0 Å². The zero-order chi connectivity index (χ0) is 21.6. The maximum atomic E-state index is 13.0. The van der Waals surface area contributed by atoms with Gasteiger partial charge in [-0.3, -0.25) is 4.79 Å². The van der Waals surface area contributed by atoms with Crippen molar-refractivity contribution < 1.29 is 14.1 Å². The number of ether oxygens (including phenoxy) is 1. The Morgan fingerprint density at radius 3 is 2.65 bits per heavy atom. The number of carbonyl (C=O) groups is 1. The lowest BCUT2D eigenvalue weighted by Gasteiger charge is -2.11. The van der Waals surface area contributed by atoms with Crippen LogP contribution in [0, 0.1) is 6.92 Å². The van der Waals surface area contributed by atoms with E-state index in [1.807, 2.05) is 48.5 Å². The highest BCUT2D eigenvalue weighted by Gasteiger charge is 2.23. The molecular formula is C24H20ClN3O3. The quantitative estimate of drug-likeness (QED) is 0.433. The van der Waals surface area contributed by atoms with Gasteiger partial charge in [-0.2, -0.15) is 0 Å². The number of aryl methyl sites for hydroxylation is 1. The molecule has 0 bridgehead atoms. The number of pyridine rings is 1. The van der Waals surface area contributed by atoms with E-state index < -0.39 is 0 Å². The monoisotopic (exact) mass is 433 g/mol. The molecule has 156 valence electrons. The molecule has 0 aliphatic rings. The van der Waals surface area contributed by atoms with Crippen molar-refractivity contribution in [2.75, 3.05) is 0 Å². The first-order valence-corrected chi connectivity index (χ1v) is 10.1. The van der Waals surface area contributed by atoms with Crippen molar-refractivity contribution in [3.05, 3.63) is 100 Å². The molecule has 1 N–H and O–H groups in total. The number of halogens is 1. The zero-order valence-corrected chi connectivity index (χ0v) is 17.6. The van der Waals surface area contributed by atoms with E-state index >= 15 is 0 Å². The molecule has 1 amide bonds. The highest BCUT2D eigenvalue weighted by Crippen LogP contribution is 2.31. The number of nitrogens with one attached hydrogen (secondary N) is 1. The molecule has 0 atom stereocenters. The summed E-state index contributed by atoms with van der Waals surface area (Å²) in [5.41, 5.74) is 3.20. The fraction of sp³-hybridized carbons (Fsp3) is 0.125. The van der Waals surface area contributed by atoms with Crippen LogP contribution >= 0.6 is 11.6 Å². The summed E-state index contributed by atoms with van der Waals surface area (Å²) in [5.74, 6) is 0.575. The van der Waals surface area contributed by atoms with Crippen molar-refractivity contribution in [3.63, 3.8) is 0 Å². The van der Waals surface area contributed by atoms with E-state index in [0.29, 0.717) is 40.1 Å². The molecule has 4 aromatic rings. The summed E-state index contributed by atoms with van der Waals surface area (Å²) in [6, 6.07) is 20.7. The Morgan fingerprint density at radius 1 is 1.06 bits per heavy atom. The lowest BCUT2D eigenvalue weighted by atomic mass is 10.1. The lowest BCUT2D eigenvalue weighted by Crippen LogP contribution is -2.24. The molecule has 2 aromatic carbocycles. The number of rotatable bonds is 7. The number of benzene rings is 2. The predicted octanol–water partition coefficient (Wildman–Crippen LogP) is 5.21. The first-order valence-electron chi connectivity index (χ1n) is 9.73. The molecular weight excluding hydrogens is 414 g/mol. The number of hydrogen-bond donors (Lipinski definition) is 1. The minimum absolute atomic E-state index is 0.239. The van der Waals surface area contributed by atoms with Crippen LogP contribution in [0.15, 0.2) is 77.4 Å². The van der Waals surface area contributed by atoms with Crippen LogP contribution in [-0.4, -0.2) is 16.0 Å². The van der Waals surface area contributed by atoms with Gasteiger partial charge in [-0.1, -0.05) is 71.4 Å². The molecule has 0 saturated carbocycles. The second kappa shape index (κ2) is 9.45. The fourth-order valence-electron chi connectivity index (χ4n) is 3.16. The van der Waals surface area contributed by atoms with E-state index in [0.717, 1.165) is 11.1 Å². The molecule has 0 aliphatic carbocycles. The van der Waals surface area contributed by atoms with Crippen molar-refractivity contribution in [1.29, 1.82) is 0 Å².